The van der Waals surface area contributed by atoms with Gasteiger partial charge in [0.2, 0.25) is 0 Å². The van der Waals surface area contributed by atoms with Crippen molar-refractivity contribution < 1.29 is 4.79 Å². The van der Waals surface area contributed by atoms with E-state index in [2.05, 4.69) is 4.98 Å². The molecule has 76 valence electrons. The second kappa shape index (κ2) is 4.55. The van der Waals surface area contributed by atoms with Gasteiger partial charge in [-0.25, -0.2) is 4.98 Å². The first-order chi connectivity index (χ1) is 7.42. The average molecular weight is 200 g/mol. The van der Waals surface area contributed by atoms with Crippen LogP contribution in [0.4, 0.5) is 0 Å². The van der Waals surface area contributed by atoms with Crippen molar-refractivity contribution in [1.29, 1.82) is 0 Å². The maximum absolute atomic E-state index is 10.4. The molecule has 0 unspecified atom stereocenters. The molecule has 0 saturated carbocycles. The standard InChI is InChI=1S/C12H12N2O/c15-9-3-5-11-4-1-2-6-12(11)14-8-7-13-10-14/h1-2,4,6-10H,3,5H2. The molecule has 0 radical (unpaired) electrons. The molecule has 0 bridgehead atoms. The lowest BCUT2D eigenvalue weighted by molar-refractivity contribution is -0.107. The number of nitrogens with zero attached hydrogens (tertiary/aromatic N) is 2. The predicted octanol–water partition coefficient (Wildman–Crippen LogP) is 2.00. The molecule has 0 N–H and O–H groups in total. The molecular weight excluding hydrogens is 188 g/mol. The Morgan fingerprint density at radius 3 is 2.93 bits per heavy atom. The molecule has 1 heterocycles. The average Bonchev–Trinajstić information content (AvgIpc) is 2.80. The van der Waals surface area contributed by atoms with E-state index < -0.39 is 0 Å². The zero-order chi connectivity index (χ0) is 10.5. The Morgan fingerprint density at radius 2 is 2.20 bits per heavy atom. The fourth-order valence-corrected chi connectivity index (χ4v) is 1.59. The Balaban J connectivity index is 2.34. The van der Waals surface area contributed by atoms with Crippen LogP contribution < -0.4 is 0 Å². The van der Waals surface area contributed by atoms with Crippen molar-refractivity contribution in [3.63, 3.8) is 0 Å². The van der Waals surface area contributed by atoms with Gasteiger partial charge in [0.05, 0.1) is 6.33 Å². The Morgan fingerprint density at radius 1 is 1.33 bits per heavy atom. The van der Waals surface area contributed by atoms with Crippen molar-refractivity contribution >= 4 is 6.29 Å². The molecule has 0 aliphatic heterocycles. The van der Waals surface area contributed by atoms with Gasteiger partial charge in [0.1, 0.15) is 6.29 Å². The summed E-state index contributed by atoms with van der Waals surface area (Å²) >= 11 is 0. The maximum atomic E-state index is 10.4. The molecule has 3 heteroatoms. The van der Waals surface area contributed by atoms with E-state index in [0.717, 1.165) is 18.4 Å². The van der Waals surface area contributed by atoms with Crippen LogP contribution in [0.1, 0.15) is 12.0 Å². The first-order valence-corrected chi connectivity index (χ1v) is 4.91. The summed E-state index contributed by atoms with van der Waals surface area (Å²) in [4.78, 5) is 14.4. The van der Waals surface area contributed by atoms with Gasteiger partial charge in [-0.1, -0.05) is 18.2 Å². The van der Waals surface area contributed by atoms with E-state index in [1.165, 1.54) is 5.56 Å². The Bertz CT molecular complexity index is 435. The van der Waals surface area contributed by atoms with Crippen molar-refractivity contribution in [3.05, 3.63) is 48.5 Å². The van der Waals surface area contributed by atoms with E-state index in [0.29, 0.717) is 6.42 Å². The number of hydrogen-bond donors (Lipinski definition) is 0. The number of aldehydes is 1. The van der Waals surface area contributed by atoms with Crippen molar-refractivity contribution in [3.8, 4) is 5.69 Å². The number of carbonyl (C=O) groups is 1. The lowest BCUT2D eigenvalue weighted by Crippen LogP contribution is -1.97. The summed E-state index contributed by atoms with van der Waals surface area (Å²) in [7, 11) is 0. The van der Waals surface area contributed by atoms with E-state index in [1.807, 2.05) is 35.0 Å². The van der Waals surface area contributed by atoms with E-state index in [9.17, 15) is 4.79 Å². The number of aryl methyl sites for hydroxylation is 1. The SMILES string of the molecule is O=CCCc1ccccc1-n1ccnc1. The molecule has 3 nitrogen and oxygen atoms in total. The third kappa shape index (κ3) is 2.13. The third-order valence-electron chi connectivity index (χ3n) is 2.31. The highest BCUT2D eigenvalue weighted by atomic mass is 16.1. The van der Waals surface area contributed by atoms with E-state index in [4.69, 9.17) is 0 Å². The molecule has 15 heavy (non-hydrogen) atoms. The fraction of sp³-hybridized carbons (Fsp3) is 0.167. The molecule has 2 rings (SSSR count). The minimum atomic E-state index is 0.561. The summed E-state index contributed by atoms with van der Waals surface area (Å²) in [6.07, 6.45) is 7.70. The van der Waals surface area contributed by atoms with Gasteiger partial charge in [-0.15, -0.1) is 0 Å². The quantitative estimate of drug-likeness (QED) is 0.707. The molecule has 1 aromatic carbocycles. The molecular formula is C12H12N2O. The highest BCUT2D eigenvalue weighted by Gasteiger charge is 2.02. The molecule has 0 spiro atoms. The number of imidazole rings is 1. The van der Waals surface area contributed by atoms with Gasteiger partial charge in [-0.05, 0) is 18.1 Å². The van der Waals surface area contributed by atoms with Gasteiger partial charge in [0.25, 0.3) is 0 Å². The monoisotopic (exact) mass is 200 g/mol. The van der Waals surface area contributed by atoms with Crippen LogP contribution in [0.15, 0.2) is 43.0 Å². The van der Waals surface area contributed by atoms with Crippen LogP contribution in [0.2, 0.25) is 0 Å². The zero-order valence-electron chi connectivity index (χ0n) is 8.34. The topological polar surface area (TPSA) is 34.9 Å². The zero-order valence-corrected chi connectivity index (χ0v) is 8.34. The molecule has 0 fully saturated rings. The van der Waals surface area contributed by atoms with Crippen molar-refractivity contribution in [2.45, 2.75) is 12.8 Å². The molecule has 0 aliphatic carbocycles. The number of para-hydroxylation sites is 1. The van der Waals surface area contributed by atoms with E-state index >= 15 is 0 Å². The molecule has 0 aliphatic rings. The fourth-order valence-electron chi connectivity index (χ4n) is 1.59. The Labute approximate surface area is 88.4 Å². The number of hydrogen-bond acceptors (Lipinski definition) is 2. The Kier molecular flexibility index (Phi) is 2.93. The second-order valence-corrected chi connectivity index (χ2v) is 3.30. The van der Waals surface area contributed by atoms with Gasteiger partial charge >= 0.3 is 0 Å². The highest BCUT2D eigenvalue weighted by molar-refractivity contribution is 5.51. The molecule has 0 atom stereocenters. The minimum absolute atomic E-state index is 0.561. The number of benzene rings is 1. The summed E-state index contributed by atoms with van der Waals surface area (Å²) in [5.74, 6) is 0. The molecule has 0 amide bonds. The second-order valence-electron chi connectivity index (χ2n) is 3.30. The minimum Gasteiger partial charge on any atom is -0.306 e. The van der Waals surface area contributed by atoms with Crippen LogP contribution in [-0.2, 0) is 11.2 Å². The largest absolute Gasteiger partial charge is 0.306 e. The first-order valence-electron chi connectivity index (χ1n) is 4.91. The van der Waals surface area contributed by atoms with Gasteiger partial charge in [0, 0.05) is 24.5 Å². The van der Waals surface area contributed by atoms with Crippen molar-refractivity contribution in [2.24, 2.45) is 0 Å². The summed E-state index contributed by atoms with van der Waals surface area (Å²) in [5.41, 5.74) is 2.26. The maximum Gasteiger partial charge on any atom is 0.120 e. The van der Waals surface area contributed by atoms with Crippen LogP contribution in [0, 0.1) is 0 Å². The van der Waals surface area contributed by atoms with E-state index in [-0.39, 0.29) is 0 Å². The van der Waals surface area contributed by atoms with Crippen LogP contribution in [-0.4, -0.2) is 15.8 Å². The third-order valence-corrected chi connectivity index (χ3v) is 2.31. The highest BCUT2D eigenvalue weighted by Crippen LogP contribution is 2.15. The number of aromatic nitrogens is 2. The normalized spacial score (nSPS) is 10.1. The van der Waals surface area contributed by atoms with Crippen LogP contribution in [0.25, 0.3) is 5.69 Å². The van der Waals surface area contributed by atoms with E-state index in [1.54, 1.807) is 12.5 Å². The van der Waals surface area contributed by atoms with Crippen molar-refractivity contribution in [2.75, 3.05) is 0 Å². The van der Waals surface area contributed by atoms with Crippen LogP contribution >= 0.6 is 0 Å². The summed E-state index contributed by atoms with van der Waals surface area (Å²) in [5, 5.41) is 0. The Hall–Kier alpha value is -1.90. The smallest absolute Gasteiger partial charge is 0.120 e. The number of carbonyl (C=O) groups excluding carboxylic acids is 1. The van der Waals surface area contributed by atoms with Crippen molar-refractivity contribution in [1.82, 2.24) is 9.55 Å². The predicted molar refractivity (Wildman–Crippen MR) is 57.9 cm³/mol. The molecule has 2 aromatic rings. The molecule has 0 saturated heterocycles. The van der Waals surface area contributed by atoms with Gasteiger partial charge in [0.15, 0.2) is 0 Å². The van der Waals surface area contributed by atoms with Gasteiger partial charge < -0.3 is 9.36 Å². The summed E-state index contributed by atoms with van der Waals surface area (Å²) in [6.45, 7) is 0. The van der Waals surface area contributed by atoms with Gasteiger partial charge in [-0.2, -0.15) is 0 Å². The summed E-state index contributed by atoms with van der Waals surface area (Å²) < 4.78 is 1.96. The lowest BCUT2D eigenvalue weighted by atomic mass is 10.1. The van der Waals surface area contributed by atoms with Gasteiger partial charge in [-0.3, -0.25) is 0 Å². The number of rotatable bonds is 4. The molecule has 1 aromatic heterocycles. The van der Waals surface area contributed by atoms with Crippen LogP contribution in [0.5, 0.6) is 0 Å². The lowest BCUT2D eigenvalue weighted by Gasteiger charge is -2.08. The first kappa shape index (κ1) is 9.65. The summed E-state index contributed by atoms with van der Waals surface area (Å²) in [6, 6.07) is 8.04. The van der Waals surface area contributed by atoms with Crippen LogP contribution in [0.3, 0.4) is 0 Å².